The van der Waals surface area contributed by atoms with Gasteiger partial charge >= 0.3 is 5.97 Å². The van der Waals surface area contributed by atoms with E-state index in [0.29, 0.717) is 11.5 Å². The molecule has 0 radical (unpaired) electrons. The van der Waals surface area contributed by atoms with Crippen LogP contribution in [0.1, 0.15) is 44.9 Å². The first kappa shape index (κ1) is 14.7. The fourth-order valence-corrected chi connectivity index (χ4v) is 1.84. The second kappa shape index (κ2) is 5.53. The maximum absolute atomic E-state index is 11.1. The lowest BCUT2D eigenvalue weighted by Gasteiger charge is -2.26. The Labute approximate surface area is 108 Å². The van der Waals surface area contributed by atoms with Crippen LogP contribution in [0.5, 0.6) is 0 Å². The molecule has 0 heterocycles. The van der Waals surface area contributed by atoms with Crippen molar-refractivity contribution in [2.75, 3.05) is 0 Å². The zero-order valence-corrected chi connectivity index (χ0v) is 11.5. The average molecular weight is 250 g/mol. The molecule has 0 saturated carbocycles. The standard InChI is InChI=1S/C15H22O3/c1-10(2)9-11-5-7-12(8-6-11)13(16)15(3,4)14(17)18/h5-8,10,13,16H,9H2,1-4H3,(H,17,18). The minimum absolute atomic E-state index is 0.580. The van der Waals surface area contributed by atoms with E-state index in [2.05, 4.69) is 13.8 Å². The third-order valence-electron chi connectivity index (χ3n) is 3.17. The molecule has 0 saturated heterocycles. The Bertz CT molecular complexity index is 404. The lowest BCUT2D eigenvalue weighted by molar-refractivity contribution is -0.153. The normalized spacial score (nSPS) is 13.7. The second-order valence-electron chi connectivity index (χ2n) is 5.77. The molecule has 0 aliphatic rings. The van der Waals surface area contributed by atoms with Crippen LogP contribution in [0.4, 0.5) is 0 Å². The summed E-state index contributed by atoms with van der Waals surface area (Å²) in [4.78, 5) is 11.1. The molecule has 1 rings (SSSR count). The summed E-state index contributed by atoms with van der Waals surface area (Å²) in [5, 5.41) is 19.2. The zero-order chi connectivity index (χ0) is 13.9. The van der Waals surface area contributed by atoms with Crippen LogP contribution in [0.25, 0.3) is 0 Å². The van der Waals surface area contributed by atoms with E-state index in [1.54, 1.807) is 0 Å². The van der Waals surface area contributed by atoms with Crippen molar-refractivity contribution in [3.63, 3.8) is 0 Å². The summed E-state index contributed by atoms with van der Waals surface area (Å²) >= 11 is 0. The van der Waals surface area contributed by atoms with Gasteiger partial charge in [0, 0.05) is 0 Å². The van der Waals surface area contributed by atoms with Gasteiger partial charge in [-0.25, -0.2) is 0 Å². The number of rotatable bonds is 5. The second-order valence-corrected chi connectivity index (χ2v) is 5.77. The van der Waals surface area contributed by atoms with Crippen molar-refractivity contribution in [3.05, 3.63) is 35.4 Å². The van der Waals surface area contributed by atoms with E-state index in [9.17, 15) is 9.90 Å². The van der Waals surface area contributed by atoms with Crippen LogP contribution in [0.3, 0.4) is 0 Å². The number of hydrogen-bond donors (Lipinski definition) is 2. The number of carboxylic acids is 1. The smallest absolute Gasteiger partial charge is 0.312 e. The molecule has 3 heteroatoms. The number of carbonyl (C=O) groups is 1. The number of carboxylic acid groups (broad SMARTS) is 1. The van der Waals surface area contributed by atoms with Crippen molar-refractivity contribution < 1.29 is 15.0 Å². The highest BCUT2D eigenvalue weighted by atomic mass is 16.4. The molecule has 0 spiro atoms. The molecule has 0 aliphatic carbocycles. The molecular weight excluding hydrogens is 228 g/mol. The van der Waals surface area contributed by atoms with Gasteiger partial charge in [-0.1, -0.05) is 38.1 Å². The van der Waals surface area contributed by atoms with E-state index in [1.807, 2.05) is 24.3 Å². The zero-order valence-electron chi connectivity index (χ0n) is 11.5. The van der Waals surface area contributed by atoms with Crippen LogP contribution in [-0.2, 0) is 11.2 Å². The number of aliphatic hydroxyl groups excluding tert-OH is 1. The van der Waals surface area contributed by atoms with Crippen LogP contribution in [0, 0.1) is 11.3 Å². The van der Waals surface area contributed by atoms with E-state index in [0.717, 1.165) is 6.42 Å². The fraction of sp³-hybridized carbons (Fsp3) is 0.533. The Morgan fingerprint density at radius 3 is 2.11 bits per heavy atom. The summed E-state index contributed by atoms with van der Waals surface area (Å²) in [5.74, 6) is -0.419. The quantitative estimate of drug-likeness (QED) is 0.844. The molecular formula is C15H22O3. The monoisotopic (exact) mass is 250 g/mol. The molecule has 1 atom stereocenters. The topological polar surface area (TPSA) is 57.5 Å². The van der Waals surface area contributed by atoms with Gasteiger partial charge in [-0.2, -0.15) is 0 Å². The fourth-order valence-electron chi connectivity index (χ4n) is 1.84. The Kier molecular flexibility index (Phi) is 4.52. The molecule has 2 N–H and O–H groups in total. The molecule has 0 bridgehead atoms. The summed E-state index contributed by atoms with van der Waals surface area (Å²) in [6.45, 7) is 7.36. The van der Waals surface area contributed by atoms with Gasteiger partial charge in [-0.15, -0.1) is 0 Å². The lowest BCUT2D eigenvalue weighted by Crippen LogP contribution is -2.31. The Balaban J connectivity index is 2.88. The first-order valence-electron chi connectivity index (χ1n) is 6.25. The van der Waals surface area contributed by atoms with Crippen molar-refractivity contribution in [3.8, 4) is 0 Å². The number of hydrogen-bond acceptors (Lipinski definition) is 2. The van der Waals surface area contributed by atoms with Gasteiger partial charge in [-0.05, 0) is 37.3 Å². The van der Waals surface area contributed by atoms with E-state index >= 15 is 0 Å². The predicted molar refractivity (Wildman–Crippen MR) is 71.4 cm³/mol. The summed E-state index contributed by atoms with van der Waals surface area (Å²) in [7, 11) is 0. The summed E-state index contributed by atoms with van der Waals surface area (Å²) < 4.78 is 0. The van der Waals surface area contributed by atoms with Crippen molar-refractivity contribution in [2.45, 2.75) is 40.2 Å². The van der Waals surface area contributed by atoms with Crippen LogP contribution in [-0.4, -0.2) is 16.2 Å². The first-order chi connectivity index (χ1) is 8.25. The van der Waals surface area contributed by atoms with Gasteiger partial charge in [0.15, 0.2) is 0 Å². The molecule has 18 heavy (non-hydrogen) atoms. The molecule has 100 valence electrons. The van der Waals surface area contributed by atoms with Gasteiger partial charge in [0.2, 0.25) is 0 Å². The number of aliphatic hydroxyl groups is 1. The van der Waals surface area contributed by atoms with Crippen molar-refractivity contribution in [1.82, 2.24) is 0 Å². The van der Waals surface area contributed by atoms with Gasteiger partial charge in [0.1, 0.15) is 0 Å². The lowest BCUT2D eigenvalue weighted by atomic mass is 9.82. The average Bonchev–Trinajstić information content (AvgIpc) is 2.28. The molecule has 1 aromatic rings. The van der Waals surface area contributed by atoms with E-state index in [1.165, 1.54) is 19.4 Å². The van der Waals surface area contributed by atoms with Crippen LogP contribution in [0.15, 0.2) is 24.3 Å². The largest absolute Gasteiger partial charge is 0.481 e. The predicted octanol–water partition coefficient (Wildman–Crippen LogP) is 3.03. The molecule has 1 aromatic carbocycles. The van der Waals surface area contributed by atoms with Crippen LogP contribution >= 0.6 is 0 Å². The highest BCUT2D eigenvalue weighted by Gasteiger charge is 2.36. The minimum atomic E-state index is -1.18. The molecule has 0 aromatic heterocycles. The van der Waals surface area contributed by atoms with Crippen molar-refractivity contribution in [1.29, 1.82) is 0 Å². The summed E-state index contributed by atoms with van der Waals surface area (Å²) in [5.41, 5.74) is 0.670. The highest BCUT2D eigenvalue weighted by Crippen LogP contribution is 2.33. The van der Waals surface area contributed by atoms with Crippen molar-refractivity contribution in [2.24, 2.45) is 11.3 Å². The first-order valence-corrected chi connectivity index (χ1v) is 6.25. The van der Waals surface area contributed by atoms with Gasteiger partial charge < -0.3 is 10.2 Å². The third-order valence-corrected chi connectivity index (χ3v) is 3.17. The summed E-state index contributed by atoms with van der Waals surface area (Å²) in [6.07, 6.45) is -0.0123. The van der Waals surface area contributed by atoms with Crippen LogP contribution in [0.2, 0.25) is 0 Å². The van der Waals surface area contributed by atoms with Gasteiger partial charge in [-0.3, -0.25) is 4.79 Å². The van der Waals surface area contributed by atoms with E-state index in [4.69, 9.17) is 5.11 Å². The SMILES string of the molecule is CC(C)Cc1ccc(C(O)C(C)(C)C(=O)O)cc1. The third kappa shape index (κ3) is 3.33. The Morgan fingerprint density at radius 2 is 1.72 bits per heavy atom. The maximum Gasteiger partial charge on any atom is 0.312 e. The maximum atomic E-state index is 11.1. The van der Waals surface area contributed by atoms with Crippen LogP contribution < -0.4 is 0 Å². The number of benzene rings is 1. The molecule has 3 nitrogen and oxygen atoms in total. The van der Waals surface area contributed by atoms with E-state index < -0.39 is 17.5 Å². The van der Waals surface area contributed by atoms with Crippen molar-refractivity contribution >= 4 is 5.97 Å². The molecule has 1 unspecified atom stereocenters. The number of aliphatic carboxylic acids is 1. The summed E-state index contributed by atoms with van der Waals surface area (Å²) in [6, 6.07) is 7.53. The highest BCUT2D eigenvalue weighted by molar-refractivity contribution is 5.74. The van der Waals surface area contributed by atoms with Gasteiger partial charge in [0.05, 0.1) is 11.5 Å². The van der Waals surface area contributed by atoms with E-state index in [-0.39, 0.29) is 0 Å². The molecule has 0 amide bonds. The molecule has 0 fully saturated rings. The van der Waals surface area contributed by atoms with Gasteiger partial charge in [0.25, 0.3) is 0 Å². The minimum Gasteiger partial charge on any atom is -0.481 e. The Hall–Kier alpha value is -1.35. The Morgan fingerprint density at radius 1 is 1.22 bits per heavy atom. The molecule has 0 aliphatic heterocycles.